The molecule has 1 aromatic rings. The van der Waals surface area contributed by atoms with Crippen LogP contribution in [-0.4, -0.2) is 37.7 Å². The predicted octanol–water partition coefficient (Wildman–Crippen LogP) is 2.56. The quantitative estimate of drug-likeness (QED) is 0.908. The van der Waals surface area contributed by atoms with Crippen LogP contribution in [0.4, 0.5) is 0 Å². The zero-order chi connectivity index (χ0) is 13.0. The summed E-state index contributed by atoms with van der Waals surface area (Å²) in [7, 11) is 1.79. The van der Waals surface area contributed by atoms with Crippen molar-refractivity contribution in [2.24, 2.45) is 5.73 Å². The number of benzene rings is 1. The van der Waals surface area contributed by atoms with Gasteiger partial charge in [0.25, 0.3) is 0 Å². The fourth-order valence-electron chi connectivity index (χ4n) is 2.39. The minimum Gasteiger partial charge on any atom is -0.380 e. The monoisotopic (exact) mass is 312 g/mol. The van der Waals surface area contributed by atoms with Crippen LogP contribution in [0.25, 0.3) is 0 Å². The number of methoxy groups -OCH3 is 1. The highest BCUT2D eigenvalue weighted by Gasteiger charge is 2.22. The van der Waals surface area contributed by atoms with Crippen LogP contribution in [0.1, 0.15) is 24.4 Å². The van der Waals surface area contributed by atoms with E-state index in [4.69, 9.17) is 10.5 Å². The van der Waals surface area contributed by atoms with Gasteiger partial charge in [0.05, 0.1) is 6.10 Å². The maximum absolute atomic E-state index is 6.22. The third-order valence-corrected chi connectivity index (χ3v) is 4.15. The molecule has 100 valence electrons. The van der Waals surface area contributed by atoms with Gasteiger partial charge < -0.3 is 15.4 Å². The third-order valence-electron chi connectivity index (χ3n) is 3.62. The first-order valence-corrected chi connectivity index (χ1v) is 7.24. The van der Waals surface area contributed by atoms with Gasteiger partial charge in [0.2, 0.25) is 0 Å². The fraction of sp³-hybridized carbons (Fsp3) is 0.571. The minimum absolute atomic E-state index is 0.125. The lowest BCUT2D eigenvalue weighted by molar-refractivity contribution is 0.108. The molecule has 2 rings (SSSR count). The van der Waals surface area contributed by atoms with Crippen molar-refractivity contribution in [1.29, 1.82) is 0 Å². The Bertz CT molecular complexity index is 369. The predicted molar refractivity (Wildman–Crippen MR) is 77.5 cm³/mol. The lowest BCUT2D eigenvalue weighted by Crippen LogP contribution is -2.26. The molecule has 2 unspecified atom stereocenters. The van der Waals surface area contributed by atoms with Crippen molar-refractivity contribution in [3.63, 3.8) is 0 Å². The summed E-state index contributed by atoms with van der Waals surface area (Å²) in [4.78, 5) is 2.44. The van der Waals surface area contributed by atoms with E-state index in [0.29, 0.717) is 6.10 Å². The van der Waals surface area contributed by atoms with Gasteiger partial charge in [-0.2, -0.15) is 0 Å². The summed E-state index contributed by atoms with van der Waals surface area (Å²) in [6.45, 7) is 3.23. The SMILES string of the molecule is COC1CCN(CCC(N)c2ccc(Br)cc2)C1. The van der Waals surface area contributed by atoms with E-state index in [2.05, 4.69) is 33.0 Å². The standard InChI is InChI=1S/C14H21BrN2O/c1-18-13-6-8-17(10-13)9-7-14(16)11-2-4-12(15)5-3-11/h2-5,13-14H,6-10,16H2,1H3. The topological polar surface area (TPSA) is 38.5 Å². The summed E-state index contributed by atoms with van der Waals surface area (Å²) in [6, 6.07) is 8.41. The summed E-state index contributed by atoms with van der Waals surface area (Å²) in [6.07, 6.45) is 2.55. The smallest absolute Gasteiger partial charge is 0.0710 e. The van der Waals surface area contributed by atoms with E-state index in [0.717, 1.165) is 36.9 Å². The Labute approximate surface area is 117 Å². The number of halogens is 1. The van der Waals surface area contributed by atoms with E-state index in [1.54, 1.807) is 7.11 Å². The van der Waals surface area contributed by atoms with Gasteiger partial charge in [-0.25, -0.2) is 0 Å². The average molecular weight is 313 g/mol. The van der Waals surface area contributed by atoms with Gasteiger partial charge in [0.1, 0.15) is 0 Å². The number of nitrogens with two attached hydrogens (primary N) is 1. The second-order valence-electron chi connectivity index (χ2n) is 4.89. The molecule has 0 amide bonds. The first-order chi connectivity index (χ1) is 8.69. The van der Waals surface area contributed by atoms with Crippen molar-refractivity contribution >= 4 is 15.9 Å². The summed E-state index contributed by atoms with van der Waals surface area (Å²) in [5, 5.41) is 0. The summed E-state index contributed by atoms with van der Waals surface area (Å²) in [5.41, 5.74) is 7.43. The Morgan fingerprint density at radius 1 is 1.44 bits per heavy atom. The Kier molecular flexibility index (Phi) is 5.18. The third kappa shape index (κ3) is 3.79. The number of rotatable bonds is 5. The lowest BCUT2D eigenvalue weighted by atomic mass is 10.0. The molecule has 1 fully saturated rings. The molecule has 1 aliphatic heterocycles. The molecule has 0 saturated carbocycles. The van der Waals surface area contributed by atoms with Crippen LogP contribution in [0, 0.1) is 0 Å². The average Bonchev–Trinajstić information content (AvgIpc) is 2.85. The normalized spacial score (nSPS) is 22.3. The van der Waals surface area contributed by atoms with Gasteiger partial charge in [-0.05, 0) is 30.5 Å². The molecule has 2 N–H and O–H groups in total. The maximum Gasteiger partial charge on any atom is 0.0710 e. The zero-order valence-corrected chi connectivity index (χ0v) is 12.4. The van der Waals surface area contributed by atoms with Gasteiger partial charge in [-0.15, -0.1) is 0 Å². The van der Waals surface area contributed by atoms with Crippen LogP contribution >= 0.6 is 15.9 Å². The molecule has 4 heteroatoms. The van der Waals surface area contributed by atoms with Gasteiger partial charge >= 0.3 is 0 Å². The molecule has 1 heterocycles. The highest BCUT2D eigenvalue weighted by molar-refractivity contribution is 9.10. The van der Waals surface area contributed by atoms with E-state index >= 15 is 0 Å². The van der Waals surface area contributed by atoms with Crippen molar-refractivity contribution in [2.45, 2.75) is 25.0 Å². The number of hydrogen-bond donors (Lipinski definition) is 1. The van der Waals surface area contributed by atoms with Crippen LogP contribution in [0.5, 0.6) is 0 Å². The maximum atomic E-state index is 6.22. The molecule has 0 aliphatic carbocycles. The van der Waals surface area contributed by atoms with Gasteiger partial charge in [0.15, 0.2) is 0 Å². The van der Waals surface area contributed by atoms with Crippen molar-refractivity contribution in [1.82, 2.24) is 4.90 Å². The highest BCUT2D eigenvalue weighted by Crippen LogP contribution is 2.19. The molecule has 2 atom stereocenters. The van der Waals surface area contributed by atoms with E-state index in [9.17, 15) is 0 Å². The Balaban J connectivity index is 1.78. The second kappa shape index (κ2) is 6.66. The van der Waals surface area contributed by atoms with Crippen LogP contribution in [0.3, 0.4) is 0 Å². The fourth-order valence-corrected chi connectivity index (χ4v) is 2.66. The number of likely N-dealkylation sites (tertiary alicyclic amines) is 1. The van der Waals surface area contributed by atoms with Crippen molar-refractivity contribution in [3.8, 4) is 0 Å². The molecule has 1 saturated heterocycles. The summed E-state index contributed by atoms with van der Waals surface area (Å²) >= 11 is 3.44. The summed E-state index contributed by atoms with van der Waals surface area (Å²) in [5.74, 6) is 0. The molecule has 0 aromatic heterocycles. The van der Waals surface area contributed by atoms with Gasteiger partial charge in [0, 0.05) is 37.3 Å². The van der Waals surface area contributed by atoms with Crippen LogP contribution in [0.2, 0.25) is 0 Å². The van der Waals surface area contributed by atoms with Crippen LogP contribution in [-0.2, 0) is 4.74 Å². The Morgan fingerprint density at radius 3 is 2.78 bits per heavy atom. The van der Waals surface area contributed by atoms with E-state index < -0.39 is 0 Å². The van der Waals surface area contributed by atoms with Crippen LogP contribution < -0.4 is 5.73 Å². The first-order valence-electron chi connectivity index (χ1n) is 6.45. The number of nitrogens with zero attached hydrogens (tertiary/aromatic N) is 1. The Hall–Kier alpha value is -0.420. The highest BCUT2D eigenvalue weighted by atomic mass is 79.9. The minimum atomic E-state index is 0.125. The molecule has 0 spiro atoms. The number of hydrogen-bond acceptors (Lipinski definition) is 3. The molecular formula is C14H21BrN2O. The molecule has 0 radical (unpaired) electrons. The van der Waals surface area contributed by atoms with E-state index in [-0.39, 0.29) is 6.04 Å². The van der Waals surface area contributed by atoms with Gasteiger partial charge in [-0.1, -0.05) is 28.1 Å². The van der Waals surface area contributed by atoms with E-state index in [1.165, 1.54) is 5.56 Å². The molecule has 18 heavy (non-hydrogen) atoms. The largest absolute Gasteiger partial charge is 0.380 e. The van der Waals surface area contributed by atoms with Crippen molar-refractivity contribution in [3.05, 3.63) is 34.3 Å². The van der Waals surface area contributed by atoms with Gasteiger partial charge in [-0.3, -0.25) is 0 Å². The molecule has 1 aromatic carbocycles. The Morgan fingerprint density at radius 2 is 2.17 bits per heavy atom. The lowest BCUT2D eigenvalue weighted by Gasteiger charge is -2.19. The second-order valence-corrected chi connectivity index (χ2v) is 5.81. The van der Waals surface area contributed by atoms with E-state index in [1.807, 2.05) is 12.1 Å². The zero-order valence-electron chi connectivity index (χ0n) is 10.8. The molecule has 0 bridgehead atoms. The number of ether oxygens (including phenoxy) is 1. The first kappa shape index (κ1) is 14.0. The molecule has 3 nitrogen and oxygen atoms in total. The van der Waals surface area contributed by atoms with Crippen LogP contribution in [0.15, 0.2) is 28.7 Å². The summed E-state index contributed by atoms with van der Waals surface area (Å²) < 4.78 is 6.47. The van der Waals surface area contributed by atoms with Crippen molar-refractivity contribution in [2.75, 3.05) is 26.7 Å². The molecule has 1 aliphatic rings. The molecular weight excluding hydrogens is 292 g/mol. The van der Waals surface area contributed by atoms with Crippen molar-refractivity contribution < 1.29 is 4.74 Å².